The Morgan fingerprint density at radius 3 is 2.37 bits per heavy atom. The molecule has 0 saturated carbocycles. The molecule has 0 radical (unpaired) electrons. The van der Waals surface area contributed by atoms with Gasteiger partial charge in [-0.05, 0) is 58.0 Å². The van der Waals surface area contributed by atoms with Gasteiger partial charge in [-0.25, -0.2) is 0 Å². The van der Waals surface area contributed by atoms with E-state index in [0.29, 0.717) is 0 Å². The van der Waals surface area contributed by atoms with Crippen LogP contribution in [-0.4, -0.2) is 73.4 Å². The minimum absolute atomic E-state index is 0.240. The fraction of sp³-hybridized carbons (Fsp3) is 1.00. The summed E-state index contributed by atoms with van der Waals surface area (Å²) in [5, 5.41) is 13.4. The number of hydrogen-bond donors (Lipinski definition) is 2. The predicted octanol–water partition coefficient (Wildman–Crippen LogP) is 1.01. The van der Waals surface area contributed by atoms with E-state index < -0.39 is 0 Å². The molecule has 0 amide bonds. The maximum atomic E-state index is 9.98. The molecule has 0 spiro atoms. The number of aliphatic hydroxyl groups is 1. The molecule has 1 saturated heterocycles. The fourth-order valence-corrected chi connectivity index (χ4v) is 2.81. The van der Waals surface area contributed by atoms with Gasteiger partial charge in [0, 0.05) is 13.1 Å². The van der Waals surface area contributed by atoms with Crippen molar-refractivity contribution in [3.8, 4) is 0 Å². The highest BCUT2D eigenvalue weighted by molar-refractivity contribution is 4.74. The molecule has 4 heteroatoms. The highest BCUT2D eigenvalue weighted by Crippen LogP contribution is 2.15. The van der Waals surface area contributed by atoms with Crippen LogP contribution in [0.3, 0.4) is 0 Å². The van der Waals surface area contributed by atoms with Crippen molar-refractivity contribution in [2.75, 3.05) is 52.4 Å². The first-order valence-electron chi connectivity index (χ1n) is 8.03. The largest absolute Gasteiger partial charge is 0.390 e. The van der Waals surface area contributed by atoms with Crippen LogP contribution in [0.25, 0.3) is 0 Å². The molecule has 1 aliphatic heterocycles. The topological polar surface area (TPSA) is 38.7 Å². The molecular weight excluding hydrogens is 238 g/mol. The van der Waals surface area contributed by atoms with Crippen molar-refractivity contribution in [2.45, 2.75) is 39.7 Å². The molecule has 0 aromatic heterocycles. The third-order valence-corrected chi connectivity index (χ3v) is 4.33. The van der Waals surface area contributed by atoms with Gasteiger partial charge in [0.15, 0.2) is 0 Å². The molecule has 1 aliphatic rings. The Kier molecular flexibility index (Phi) is 8.62. The van der Waals surface area contributed by atoms with Crippen molar-refractivity contribution in [3.05, 3.63) is 0 Å². The summed E-state index contributed by atoms with van der Waals surface area (Å²) in [5.41, 5.74) is 0. The molecule has 0 aliphatic carbocycles. The number of rotatable bonds is 9. The number of nitrogens with one attached hydrogen (secondary N) is 1. The summed E-state index contributed by atoms with van der Waals surface area (Å²) in [6.07, 6.45) is 2.36. The van der Waals surface area contributed by atoms with Crippen LogP contribution in [0, 0.1) is 5.92 Å². The van der Waals surface area contributed by atoms with Gasteiger partial charge in [-0.15, -0.1) is 0 Å². The summed E-state index contributed by atoms with van der Waals surface area (Å²) >= 11 is 0. The Labute approximate surface area is 119 Å². The molecule has 0 bridgehead atoms. The van der Waals surface area contributed by atoms with E-state index in [9.17, 15) is 5.11 Å². The Hall–Kier alpha value is -0.160. The van der Waals surface area contributed by atoms with Gasteiger partial charge in [-0.2, -0.15) is 0 Å². The lowest BCUT2D eigenvalue weighted by molar-refractivity contribution is 0.113. The number of piperidine rings is 1. The molecule has 2 N–H and O–H groups in total. The number of hydrogen-bond acceptors (Lipinski definition) is 4. The smallest absolute Gasteiger partial charge is 0.0791 e. The van der Waals surface area contributed by atoms with Gasteiger partial charge in [0.2, 0.25) is 0 Å². The quantitative estimate of drug-likeness (QED) is 0.656. The SMILES string of the molecule is CCN1CCC(CNCC(O)CN(CC)CC)CC1. The van der Waals surface area contributed by atoms with E-state index >= 15 is 0 Å². The van der Waals surface area contributed by atoms with Gasteiger partial charge in [-0.3, -0.25) is 0 Å². The first-order chi connectivity index (χ1) is 9.19. The van der Waals surface area contributed by atoms with E-state index in [1.807, 2.05) is 0 Å². The monoisotopic (exact) mass is 271 g/mol. The third kappa shape index (κ3) is 6.70. The van der Waals surface area contributed by atoms with Gasteiger partial charge >= 0.3 is 0 Å². The maximum Gasteiger partial charge on any atom is 0.0791 e. The second kappa shape index (κ2) is 9.70. The first kappa shape index (κ1) is 16.9. The normalized spacial score (nSPS) is 20.1. The average Bonchev–Trinajstić information content (AvgIpc) is 2.45. The van der Waals surface area contributed by atoms with Crippen molar-refractivity contribution in [3.63, 3.8) is 0 Å². The van der Waals surface area contributed by atoms with Crippen molar-refractivity contribution in [1.29, 1.82) is 0 Å². The van der Waals surface area contributed by atoms with Crippen molar-refractivity contribution < 1.29 is 5.11 Å². The van der Waals surface area contributed by atoms with Gasteiger partial charge < -0.3 is 20.2 Å². The lowest BCUT2D eigenvalue weighted by Crippen LogP contribution is -2.41. The molecule has 4 nitrogen and oxygen atoms in total. The predicted molar refractivity (Wildman–Crippen MR) is 81.5 cm³/mol. The molecular formula is C15H33N3O. The summed E-state index contributed by atoms with van der Waals surface area (Å²) < 4.78 is 0. The number of likely N-dealkylation sites (tertiary alicyclic amines) is 1. The zero-order chi connectivity index (χ0) is 14.1. The molecule has 0 aromatic rings. The Bertz CT molecular complexity index is 213. The summed E-state index contributed by atoms with van der Waals surface area (Å²) in [5.74, 6) is 0.795. The number of likely N-dealkylation sites (N-methyl/N-ethyl adjacent to an activating group) is 1. The molecule has 1 unspecified atom stereocenters. The first-order valence-corrected chi connectivity index (χ1v) is 8.03. The van der Waals surface area contributed by atoms with Crippen LogP contribution in [0.4, 0.5) is 0 Å². The molecule has 19 heavy (non-hydrogen) atoms. The zero-order valence-electron chi connectivity index (χ0n) is 13.1. The fourth-order valence-electron chi connectivity index (χ4n) is 2.81. The van der Waals surface area contributed by atoms with Crippen molar-refractivity contribution in [2.24, 2.45) is 5.92 Å². The summed E-state index contributed by atoms with van der Waals surface area (Å²) in [4.78, 5) is 4.79. The molecule has 1 fully saturated rings. The number of nitrogens with zero attached hydrogens (tertiary/aromatic N) is 2. The van der Waals surface area contributed by atoms with Gasteiger partial charge in [0.05, 0.1) is 6.10 Å². The lowest BCUT2D eigenvalue weighted by Gasteiger charge is -2.31. The second-order valence-corrected chi connectivity index (χ2v) is 5.68. The van der Waals surface area contributed by atoms with Gasteiger partial charge in [0.1, 0.15) is 0 Å². The van der Waals surface area contributed by atoms with E-state index in [4.69, 9.17) is 0 Å². The minimum atomic E-state index is -0.240. The summed E-state index contributed by atoms with van der Waals surface area (Å²) in [6, 6.07) is 0. The molecule has 0 aromatic carbocycles. The second-order valence-electron chi connectivity index (χ2n) is 5.68. The van der Waals surface area contributed by atoms with Crippen molar-refractivity contribution in [1.82, 2.24) is 15.1 Å². The maximum absolute atomic E-state index is 9.98. The van der Waals surface area contributed by atoms with E-state index in [0.717, 1.165) is 38.6 Å². The average molecular weight is 271 g/mol. The van der Waals surface area contributed by atoms with Crippen LogP contribution < -0.4 is 5.32 Å². The van der Waals surface area contributed by atoms with Crippen LogP contribution in [0.15, 0.2) is 0 Å². The van der Waals surface area contributed by atoms with Gasteiger partial charge in [0.25, 0.3) is 0 Å². The van der Waals surface area contributed by atoms with E-state index in [-0.39, 0.29) is 6.10 Å². The third-order valence-electron chi connectivity index (χ3n) is 4.33. The lowest BCUT2D eigenvalue weighted by atomic mass is 9.97. The molecule has 1 atom stereocenters. The Morgan fingerprint density at radius 2 is 1.84 bits per heavy atom. The summed E-state index contributed by atoms with van der Waals surface area (Å²) in [7, 11) is 0. The molecule has 1 rings (SSSR count). The Morgan fingerprint density at radius 1 is 1.21 bits per heavy atom. The van der Waals surface area contributed by atoms with Crippen LogP contribution in [0.2, 0.25) is 0 Å². The Balaban J connectivity index is 2.07. The number of aliphatic hydroxyl groups excluding tert-OH is 1. The standard InChI is InChI=1S/C15H33N3O/c1-4-17(5-2)13-15(19)12-16-11-14-7-9-18(6-3)10-8-14/h14-16,19H,4-13H2,1-3H3. The van der Waals surface area contributed by atoms with Crippen LogP contribution >= 0.6 is 0 Å². The van der Waals surface area contributed by atoms with Crippen LogP contribution in [-0.2, 0) is 0 Å². The zero-order valence-corrected chi connectivity index (χ0v) is 13.1. The summed E-state index contributed by atoms with van der Waals surface area (Å²) in [6.45, 7) is 14.8. The minimum Gasteiger partial charge on any atom is -0.390 e. The molecule has 1 heterocycles. The molecule has 114 valence electrons. The van der Waals surface area contributed by atoms with Crippen molar-refractivity contribution >= 4 is 0 Å². The highest BCUT2D eigenvalue weighted by atomic mass is 16.3. The van der Waals surface area contributed by atoms with Crippen LogP contribution in [0.1, 0.15) is 33.6 Å². The van der Waals surface area contributed by atoms with E-state index in [1.165, 1.54) is 32.5 Å². The van der Waals surface area contributed by atoms with Crippen LogP contribution in [0.5, 0.6) is 0 Å². The van der Waals surface area contributed by atoms with E-state index in [1.54, 1.807) is 0 Å². The van der Waals surface area contributed by atoms with E-state index in [2.05, 4.69) is 35.9 Å². The highest BCUT2D eigenvalue weighted by Gasteiger charge is 2.18. The van der Waals surface area contributed by atoms with Gasteiger partial charge in [-0.1, -0.05) is 20.8 Å².